The van der Waals surface area contributed by atoms with E-state index < -0.39 is 0 Å². The second-order valence-electron chi connectivity index (χ2n) is 4.78. The fourth-order valence-electron chi connectivity index (χ4n) is 1.62. The van der Waals surface area contributed by atoms with Gasteiger partial charge in [0, 0.05) is 12.5 Å². The van der Waals surface area contributed by atoms with Gasteiger partial charge in [0.15, 0.2) is 5.82 Å². The Morgan fingerprint density at radius 1 is 1.47 bits per heavy atom. The number of aryl methyl sites for hydroxylation is 1. The van der Waals surface area contributed by atoms with Gasteiger partial charge < -0.3 is 9.26 Å². The van der Waals surface area contributed by atoms with E-state index in [1.165, 1.54) is 7.11 Å². The molecule has 1 aromatic rings. The van der Waals surface area contributed by atoms with Gasteiger partial charge in [0.05, 0.1) is 20.2 Å². The number of nitrogens with zero attached hydrogens (tertiary/aromatic N) is 3. The summed E-state index contributed by atoms with van der Waals surface area (Å²) in [4.78, 5) is 17.6. The Labute approximate surface area is 114 Å². The van der Waals surface area contributed by atoms with Crippen LogP contribution in [0.2, 0.25) is 0 Å². The van der Waals surface area contributed by atoms with Crippen LogP contribution in [0.25, 0.3) is 0 Å². The Morgan fingerprint density at radius 2 is 2.21 bits per heavy atom. The first-order valence-corrected chi connectivity index (χ1v) is 6.69. The van der Waals surface area contributed by atoms with Crippen LogP contribution in [0.1, 0.15) is 45.3 Å². The highest BCUT2D eigenvalue weighted by atomic mass is 16.5. The van der Waals surface area contributed by atoms with E-state index in [9.17, 15) is 4.79 Å². The summed E-state index contributed by atoms with van der Waals surface area (Å²) in [5, 5.41) is 3.94. The van der Waals surface area contributed by atoms with Crippen molar-refractivity contribution in [1.82, 2.24) is 15.0 Å². The first kappa shape index (κ1) is 15.6. The first-order valence-electron chi connectivity index (χ1n) is 6.69. The summed E-state index contributed by atoms with van der Waals surface area (Å²) >= 11 is 0. The largest absolute Gasteiger partial charge is 0.468 e. The lowest BCUT2D eigenvalue weighted by atomic mass is 10.2. The zero-order valence-corrected chi connectivity index (χ0v) is 12.2. The Morgan fingerprint density at radius 3 is 2.79 bits per heavy atom. The molecule has 0 saturated heterocycles. The van der Waals surface area contributed by atoms with E-state index in [4.69, 9.17) is 4.52 Å². The van der Waals surface area contributed by atoms with E-state index in [-0.39, 0.29) is 18.6 Å². The lowest BCUT2D eigenvalue weighted by Crippen LogP contribution is -2.35. The van der Waals surface area contributed by atoms with Crippen LogP contribution in [0.15, 0.2) is 4.52 Å². The van der Waals surface area contributed by atoms with Crippen LogP contribution in [0, 0.1) is 0 Å². The third-order valence-electron chi connectivity index (χ3n) is 2.89. The number of aromatic nitrogens is 2. The topological polar surface area (TPSA) is 68.5 Å². The zero-order chi connectivity index (χ0) is 14.3. The summed E-state index contributed by atoms with van der Waals surface area (Å²) < 4.78 is 9.88. The van der Waals surface area contributed by atoms with Crippen LogP contribution in [-0.4, -0.2) is 40.7 Å². The third-order valence-corrected chi connectivity index (χ3v) is 2.89. The summed E-state index contributed by atoms with van der Waals surface area (Å²) in [6, 6.07) is 0.199. The molecule has 0 aliphatic carbocycles. The molecule has 0 amide bonds. The van der Waals surface area contributed by atoms with E-state index in [1.807, 2.05) is 18.7 Å². The van der Waals surface area contributed by atoms with Gasteiger partial charge in [-0.05, 0) is 20.3 Å². The predicted molar refractivity (Wildman–Crippen MR) is 70.5 cm³/mol. The van der Waals surface area contributed by atoms with Gasteiger partial charge in [0.2, 0.25) is 5.89 Å². The van der Waals surface area contributed by atoms with Crippen molar-refractivity contribution < 1.29 is 14.1 Å². The number of esters is 1. The second-order valence-corrected chi connectivity index (χ2v) is 4.78. The average Bonchev–Trinajstić information content (AvgIpc) is 2.82. The smallest absolute Gasteiger partial charge is 0.319 e. The normalized spacial score (nSPS) is 11.3. The molecule has 0 unspecified atom stereocenters. The maximum absolute atomic E-state index is 11.3. The Kier molecular flexibility index (Phi) is 6.49. The highest BCUT2D eigenvalue weighted by Crippen LogP contribution is 2.08. The number of hydrogen-bond donors (Lipinski definition) is 0. The van der Waals surface area contributed by atoms with Crippen molar-refractivity contribution in [2.24, 2.45) is 0 Å². The molecule has 0 N–H and O–H groups in total. The second kappa shape index (κ2) is 7.89. The van der Waals surface area contributed by atoms with Crippen molar-refractivity contribution in [3.05, 3.63) is 11.7 Å². The average molecular weight is 269 g/mol. The molecule has 6 heteroatoms. The quantitative estimate of drug-likeness (QED) is 0.670. The van der Waals surface area contributed by atoms with Crippen LogP contribution >= 0.6 is 0 Å². The zero-order valence-electron chi connectivity index (χ0n) is 12.2. The maximum atomic E-state index is 11.3. The lowest BCUT2D eigenvalue weighted by molar-refractivity contribution is -0.142. The molecule has 1 heterocycles. The van der Waals surface area contributed by atoms with Gasteiger partial charge in [-0.15, -0.1) is 0 Å². The number of ether oxygens (including phenoxy) is 1. The minimum atomic E-state index is -0.264. The van der Waals surface area contributed by atoms with E-state index in [2.05, 4.69) is 21.8 Å². The van der Waals surface area contributed by atoms with E-state index in [0.717, 1.165) is 25.1 Å². The number of methoxy groups -OCH3 is 1. The fourth-order valence-corrected chi connectivity index (χ4v) is 1.62. The van der Waals surface area contributed by atoms with Gasteiger partial charge >= 0.3 is 5.97 Å². The van der Waals surface area contributed by atoms with Crippen molar-refractivity contribution in [3.8, 4) is 0 Å². The summed E-state index contributed by atoms with van der Waals surface area (Å²) in [6.07, 6.45) is 2.98. The molecule has 6 nitrogen and oxygen atoms in total. The summed E-state index contributed by atoms with van der Waals surface area (Å²) in [7, 11) is 1.39. The van der Waals surface area contributed by atoms with Crippen molar-refractivity contribution in [1.29, 1.82) is 0 Å². The van der Waals surface area contributed by atoms with Crippen LogP contribution in [-0.2, 0) is 22.5 Å². The molecule has 19 heavy (non-hydrogen) atoms. The number of rotatable bonds is 8. The maximum Gasteiger partial charge on any atom is 0.319 e. The minimum absolute atomic E-state index is 0.199. The lowest BCUT2D eigenvalue weighted by Gasteiger charge is -2.22. The Bertz CT molecular complexity index is 390. The van der Waals surface area contributed by atoms with E-state index >= 15 is 0 Å². The standard InChI is InChI=1S/C13H23N3O3/c1-5-6-7-11-14-12(19-15-11)8-16(10(2)3)9-13(17)18-4/h10H,5-9H2,1-4H3. The van der Waals surface area contributed by atoms with Gasteiger partial charge in [-0.25, -0.2) is 0 Å². The highest BCUT2D eigenvalue weighted by Gasteiger charge is 2.18. The minimum Gasteiger partial charge on any atom is -0.468 e. The summed E-state index contributed by atoms with van der Waals surface area (Å²) in [5.41, 5.74) is 0. The third kappa shape index (κ3) is 5.38. The van der Waals surface area contributed by atoms with Crippen molar-refractivity contribution in [3.63, 3.8) is 0 Å². The van der Waals surface area contributed by atoms with Crippen LogP contribution in [0.4, 0.5) is 0 Å². The highest BCUT2D eigenvalue weighted by molar-refractivity contribution is 5.71. The van der Waals surface area contributed by atoms with Crippen molar-refractivity contribution in [2.45, 2.75) is 52.6 Å². The van der Waals surface area contributed by atoms with Crippen LogP contribution in [0.5, 0.6) is 0 Å². The molecule has 0 aliphatic rings. The van der Waals surface area contributed by atoms with Gasteiger partial charge in [-0.1, -0.05) is 18.5 Å². The summed E-state index contributed by atoms with van der Waals surface area (Å²) in [6.45, 7) is 6.83. The number of unbranched alkanes of at least 4 members (excludes halogenated alkanes) is 1. The monoisotopic (exact) mass is 269 g/mol. The molecule has 0 atom stereocenters. The number of carbonyl (C=O) groups excluding carboxylic acids is 1. The predicted octanol–water partition coefficient (Wildman–Crippen LogP) is 1.80. The molecule has 0 spiro atoms. The molecule has 1 rings (SSSR count). The molecule has 108 valence electrons. The summed E-state index contributed by atoms with van der Waals surface area (Å²) in [5.74, 6) is 1.02. The van der Waals surface area contributed by atoms with Gasteiger partial charge in [0.25, 0.3) is 0 Å². The van der Waals surface area contributed by atoms with E-state index in [0.29, 0.717) is 12.4 Å². The molecular weight excluding hydrogens is 246 g/mol. The first-order chi connectivity index (χ1) is 9.06. The molecule has 0 fully saturated rings. The Hall–Kier alpha value is -1.43. The Balaban J connectivity index is 2.58. The van der Waals surface area contributed by atoms with Gasteiger partial charge in [-0.3, -0.25) is 9.69 Å². The molecule has 0 aliphatic heterocycles. The molecule has 0 aromatic carbocycles. The molecule has 0 saturated carbocycles. The van der Waals surface area contributed by atoms with Crippen molar-refractivity contribution >= 4 is 5.97 Å². The fraction of sp³-hybridized carbons (Fsp3) is 0.769. The van der Waals surface area contributed by atoms with Gasteiger partial charge in [-0.2, -0.15) is 4.98 Å². The molecular formula is C13H23N3O3. The number of hydrogen-bond acceptors (Lipinski definition) is 6. The van der Waals surface area contributed by atoms with E-state index in [1.54, 1.807) is 0 Å². The molecule has 1 aromatic heterocycles. The van der Waals surface area contributed by atoms with Crippen molar-refractivity contribution in [2.75, 3.05) is 13.7 Å². The van der Waals surface area contributed by atoms with Crippen LogP contribution in [0.3, 0.4) is 0 Å². The number of carbonyl (C=O) groups is 1. The van der Waals surface area contributed by atoms with Gasteiger partial charge in [0.1, 0.15) is 0 Å². The van der Waals surface area contributed by atoms with Crippen LogP contribution < -0.4 is 0 Å². The molecule has 0 bridgehead atoms. The SMILES string of the molecule is CCCCc1noc(CN(CC(=O)OC)C(C)C)n1. The molecule has 0 radical (unpaired) electrons.